The molecule has 0 aliphatic rings. The second kappa shape index (κ2) is 9.15. The van der Waals surface area contributed by atoms with Gasteiger partial charge >= 0.3 is 5.69 Å². The number of hydrogen-bond donors (Lipinski definition) is 1. The van der Waals surface area contributed by atoms with E-state index in [1.165, 1.54) is 11.6 Å². The van der Waals surface area contributed by atoms with Crippen LogP contribution in [-0.2, 0) is 20.7 Å². The van der Waals surface area contributed by atoms with Gasteiger partial charge in [-0.25, -0.2) is 10.2 Å². The van der Waals surface area contributed by atoms with Crippen molar-refractivity contribution in [2.75, 3.05) is 5.43 Å². The first-order valence-corrected chi connectivity index (χ1v) is 10.6. The van der Waals surface area contributed by atoms with Gasteiger partial charge in [0.25, 0.3) is 5.56 Å². The third-order valence-corrected chi connectivity index (χ3v) is 5.31. The fourth-order valence-corrected chi connectivity index (χ4v) is 3.55. The van der Waals surface area contributed by atoms with Crippen molar-refractivity contribution in [2.45, 2.75) is 26.5 Å². The predicted molar refractivity (Wildman–Crippen MR) is 129 cm³/mol. The maximum atomic E-state index is 12.7. The second-order valence-corrected chi connectivity index (χ2v) is 7.99. The predicted octanol–water partition coefficient (Wildman–Crippen LogP) is 3.04. The van der Waals surface area contributed by atoms with Crippen LogP contribution in [0.4, 0.5) is 5.95 Å². The van der Waals surface area contributed by atoms with E-state index < -0.39 is 11.2 Å². The van der Waals surface area contributed by atoms with Crippen molar-refractivity contribution in [1.82, 2.24) is 18.7 Å². The first-order valence-electron chi connectivity index (χ1n) is 10.6. The van der Waals surface area contributed by atoms with Gasteiger partial charge in [0.15, 0.2) is 11.2 Å². The van der Waals surface area contributed by atoms with E-state index in [1.807, 2.05) is 68.4 Å². The van der Waals surface area contributed by atoms with Gasteiger partial charge in [0.05, 0.1) is 6.21 Å². The Labute approximate surface area is 190 Å². The van der Waals surface area contributed by atoms with Crippen molar-refractivity contribution < 1.29 is 4.74 Å². The molecule has 2 aromatic heterocycles. The molecule has 0 bridgehead atoms. The van der Waals surface area contributed by atoms with Crippen molar-refractivity contribution in [1.29, 1.82) is 0 Å². The molecule has 0 spiro atoms. The summed E-state index contributed by atoms with van der Waals surface area (Å²) in [6.45, 7) is 4.38. The molecule has 0 aliphatic carbocycles. The number of aryl methyl sites for hydroxylation is 1. The number of imidazole rings is 1. The van der Waals surface area contributed by atoms with Crippen LogP contribution >= 0.6 is 0 Å². The van der Waals surface area contributed by atoms with Crippen LogP contribution in [0.15, 0.2) is 69.3 Å². The lowest BCUT2D eigenvalue weighted by molar-refractivity contribution is 0.306. The molecule has 4 aromatic rings. The molecule has 0 aliphatic heterocycles. The Morgan fingerprint density at radius 1 is 1.03 bits per heavy atom. The zero-order valence-corrected chi connectivity index (χ0v) is 19.0. The highest BCUT2D eigenvalue weighted by molar-refractivity contribution is 5.80. The van der Waals surface area contributed by atoms with Crippen LogP contribution in [0.5, 0.6) is 5.75 Å². The van der Waals surface area contributed by atoms with E-state index in [2.05, 4.69) is 15.5 Å². The topological polar surface area (TPSA) is 95.4 Å². The van der Waals surface area contributed by atoms with E-state index in [0.29, 0.717) is 23.7 Å². The molecule has 0 saturated heterocycles. The molecule has 0 amide bonds. The zero-order valence-electron chi connectivity index (χ0n) is 19.0. The van der Waals surface area contributed by atoms with Crippen molar-refractivity contribution in [3.63, 3.8) is 0 Å². The van der Waals surface area contributed by atoms with Crippen LogP contribution in [0.3, 0.4) is 0 Å². The standard InChI is InChI=1S/C24H26N6O3/c1-16(2)30-20-21(28(3)24(32)29(4)22(20)31)26-23(30)27-25-14-17-10-12-19(13-11-17)33-15-18-8-6-5-7-9-18/h5-14,16H,15H2,1-4H3,(H,26,27)/b25-14+. The van der Waals surface area contributed by atoms with Gasteiger partial charge < -0.3 is 9.30 Å². The minimum atomic E-state index is -0.425. The number of fused-ring (bicyclic) bond motifs is 1. The normalized spacial score (nSPS) is 11.5. The number of hydrazone groups is 1. The number of aromatic nitrogens is 4. The third kappa shape index (κ3) is 4.43. The Morgan fingerprint density at radius 3 is 2.39 bits per heavy atom. The van der Waals surface area contributed by atoms with Crippen molar-refractivity contribution in [3.8, 4) is 5.75 Å². The molecule has 4 rings (SSSR count). The Morgan fingerprint density at radius 2 is 1.73 bits per heavy atom. The van der Waals surface area contributed by atoms with Gasteiger partial charge in [0.1, 0.15) is 12.4 Å². The quantitative estimate of drug-likeness (QED) is 0.348. The molecule has 1 N–H and O–H groups in total. The van der Waals surface area contributed by atoms with E-state index >= 15 is 0 Å². The van der Waals surface area contributed by atoms with Crippen LogP contribution in [0.1, 0.15) is 31.0 Å². The largest absolute Gasteiger partial charge is 0.489 e. The Balaban J connectivity index is 1.52. The van der Waals surface area contributed by atoms with Crippen LogP contribution in [0, 0.1) is 0 Å². The van der Waals surface area contributed by atoms with Crippen molar-refractivity contribution in [2.24, 2.45) is 19.2 Å². The Kier molecular flexibility index (Phi) is 6.12. The highest BCUT2D eigenvalue weighted by Crippen LogP contribution is 2.21. The smallest absolute Gasteiger partial charge is 0.332 e. The van der Waals surface area contributed by atoms with E-state index in [-0.39, 0.29) is 6.04 Å². The highest BCUT2D eigenvalue weighted by Gasteiger charge is 2.20. The first-order chi connectivity index (χ1) is 15.9. The fraction of sp³-hybridized carbons (Fsp3) is 0.250. The number of benzene rings is 2. The minimum Gasteiger partial charge on any atom is -0.489 e. The average Bonchev–Trinajstić information content (AvgIpc) is 3.21. The van der Waals surface area contributed by atoms with Crippen LogP contribution in [0.25, 0.3) is 11.2 Å². The summed E-state index contributed by atoms with van der Waals surface area (Å²) in [4.78, 5) is 29.4. The van der Waals surface area contributed by atoms with Crippen LogP contribution in [-0.4, -0.2) is 24.9 Å². The van der Waals surface area contributed by atoms with Crippen LogP contribution in [0.2, 0.25) is 0 Å². The maximum absolute atomic E-state index is 12.7. The van der Waals surface area contributed by atoms with E-state index in [0.717, 1.165) is 21.4 Å². The number of hydrogen-bond acceptors (Lipinski definition) is 6. The molecule has 9 nitrogen and oxygen atoms in total. The monoisotopic (exact) mass is 446 g/mol. The summed E-state index contributed by atoms with van der Waals surface area (Å²) in [5.74, 6) is 1.15. The number of anilines is 1. The summed E-state index contributed by atoms with van der Waals surface area (Å²) in [6.07, 6.45) is 1.65. The van der Waals surface area contributed by atoms with Crippen LogP contribution < -0.4 is 21.4 Å². The van der Waals surface area contributed by atoms with Crippen molar-refractivity contribution in [3.05, 3.63) is 86.6 Å². The van der Waals surface area contributed by atoms with Gasteiger partial charge in [-0.2, -0.15) is 10.1 Å². The molecule has 2 heterocycles. The van der Waals surface area contributed by atoms with E-state index in [9.17, 15) is 9.59 Å². The van der Waals surface area contributed by atoms with Gasteiger partial charge in [0.2, 0.25) is 5.95 Å². The lowest BCUT2D eigenvalue weighted by atomic mass is 10.2. The SMILES string of the molecule is CC(C)n1c(N/N=C/c2ccc(OCc3ccccc3)cc2)nc2c1c(=O)n(C)c(=O)n2C. The number of rotatable bonds is 7. The minimum absolute atomic E-state index is 0.0704. The van der Waals surface area contributed by atoms with Gasteiger partial charge in [-0.3, -0.25) is 13.9 Å². The molecule has 170 valence electrons. The molecule has 0 fully saturated rings. The van der Waals surface area contributed by atoms with E-state index in [4.69, 9.17) is 4.74 Å². The first kappa shape index (κ1) is 22.1. The molecule has 9 heteroatoms. The number of nitrogens with zero attached hydrogens (tertiary/aromatic N) is 5. The summed E-state index contributed by atoms with van der Waals surface area (Å²) in [6, 6.07) is 17.5. The van der Waals surface area contributed by atoms with Gasteiger partial charge in [-0.05, 0) is 49.2 Å². The van der Waals surface area contributed by atoms with Gasteiger partial charge in [-0.1, -0.05) is 30.3 Å². The number of ether oxygens (including phenoxy) is 1. The molecular weight excluding hydrogens is 420 g/mol. The van der Waals surface area contributed by atoms with E-state index in [1.54, 1.807) is 17.8 Å². The lowest BCUT2D eigenvalue weighted by Gasteiger charge is -2.12. The second-order valence-electron chi connectivity index (χ2n) is 7.99. The molecule has 2 aromatic carbocycles. The van der Waals surface area contributed by atoms with Crippen molar-refractivity contribution >= 4 is 23.3 Å². The summed E-state index contributed by atoms with van der Waals surface area (Å²) in [7, 11) is 3.05. The fourth-order valence-electron chi connectivity index (χ4n) is 3.55. The lowest BCUT2D eigenvalue weighted by Crippen LogP contribution is -2.37. The summed E-state index contributed by atoms with van der Waals surface area (Å²) >= 11 is 0. The molecule has 0 unspecified atom stereocenters. The average molecular weight is 447 g/mol. The zero-order chi connectivity index (χ0) is 23.5. The summed E-state index contributed by atoms with van der Waals surface area (Å²) in [5, 5.41) is 4.28. The Bertz CT molecular complexity index is 1410. The third-order valence-electron chi connectivity index (χ3n) is 5.31. The maximum Gasteiger partial charge on any atom is 0.332 e. The van der Waals surface area contributed by atoms with Gasteiger partial charge in [0, 0.05) is 20.1 Å². The molecular formula is C24H26N6O3. The Hall–Kier alpha value is -4.14. The van der Waals surface area contributed by atoms with Gasteiger partial charge in [-0.15, -0.1) is 0 Å². The molecule has 0 saturated carbocycles. The molecule has 0 atom stereocenters. The molecule has 33 heavy (non-hydrogen) atoms. The summed E-state index contributed by atoms with van der Waals surface area (Å²) in [5.41, 5.74) is 4.74. The molecule has 0 radical (unpaired) electrons. The highest BCUT2D eigenvalue weighted by atomic mass is 16.5. The number of nitrogens with one attached hydrogen (secondary N) is 1. The summed E-state index contributed by atoms with van der Waals surface area (Å²) < 4.78 is 9.99.